The van der Waals surface area contributed by atoms with Gasteiger partial charge in [-0.15, -0.1) is 23.1 Å². The molecule has 0 bridgehead atoms. The first-order valence-corrected chi connectivity index (χ1v) is 9.77. The van der Waals surface area contributed by atoms with Crippen molar-refractivity contribution >= 4 is 39.6 Å². The molecule has 2 fully saturated rings. The standard InChI is InChI=1S/C16H24N2OS2/c1-9(2)16(6-7-16)8-18-15-14(20-3)11(17)13(21-15)12(19)10-4-5-10/h9-10,18H,4-8,17H2,1-3H3. The number of hydrogen-bond acceptors (Lipinski definition) is 5. The predicted octanol–water partition coefficient (Wildman–Crippen LogP) is 4.49. The fourth-order valence-corrected chi connectivity index (χ4v) is 4.89. The topological polar surface area (TPSA) is 55.1 Å². The van der Waals surface area contributed by atoms with E-state index in [0.29, 0.717) is 17.0 Å². The van der Waals surface area contributed by atoms with Crippen LogP contribution in [0.2, 0.25) is 0 Å². The molecule has 1 heterocycles. The molecule has 5 heteroatoms. The predicted molar refractivity (Wildman–Crippen MR) is 92.6 cm³/mol. The molecule has 0 aromatic carbocycles. The number of rotatable bonds is 7. The summed E-state index contributed by atoms with van der Waals surface area (Å²) in [6, 6.07) is 0. The van der Waals surface area contributed by atoms with Gasteiger partial charge in [-0.05, 0) is 43.3 Å². The van der Waals surface area contributed by atoms with E-state index in [1.165, 1.54) is 12.8 Å². The second kappa shape index (κ2) is 5.51. The highest BCUT2D eigenvalue weighted by atomic mass is 32.2. The van der Waals surface area contributed by atoms with E-state index in [4.69, 9.17) is 5.73 Å². The van der Waals surface area contributed by atoms with Crippen LogP contribution >= 0.6 is 23.1 Å². The van der Waals surface area contributed by atoms with Crippen molar-refractivity contribution in [3.8, 4) is 0 Å². The van der Waals surface area contributed by atoms with E-state index in [-0.39, 0.29) is 11.7 Å². The third kappa shape index (κ3) is 2.82. The smallest absolute Gasteiger partial charge is 0.178 e. The molecule has 21 heavy (non-hydrogen) atoms. The van der Waals surface area contributed by atoms with Crippen molar-refractivity contribution < 1.29 is 4.79 Å². The van der Waals surface area contributed by atoms with Crippen molar-refractivity contribution in [2.24, 2.45) is 17.3 Å². The van der Waals surface area contributed by atoms with Crippen molar-refractivity contribution in [1.82, 2.24) is 0 Å². The summed E-state index contributed by atoms with van der Waals surface area (Å²) in [6.07, 6.45) is 6.71. The molecule has 0 spiro atoms. The molecule has 0 radical (unpaired) electrons. The van der Waals surface area contributed by atoms with E-state index in [2.05, 4.69) is 19.2 Å². The van der Waals surface area contributed by atoms with Gasteiger partial charge in [0, 0.05) is 12.5 Å². The van der Waals surface area contributed by atoms with Crippen LogP contribution in [0.3, 0.4) is 0 Å². The molecule has 3 nitrogen and oxygen atoms in total. The van der Waals surface area contributed by atoms with Gasteiger partial charge >= 0.3 is 0 Å². The van der Waals surface area contributed by atoms with Gasteiger partial charge in [-0.2, -0.15) is 0 Å². The lowest BCUT2D eigenvalue weighted by Crippen LogP contribution is -2.20. The van der Waals surface area contributed by atoms with Gasteiger partial charge in [0.15, 0.2) is 5.78 Å². The number of nitrogens with one attached hydrogen (secondary N) is 1. The van der Waals surface area contributed by atoms with Crippen LogP contribution in [0.1, 0.15) is 49.2 Å². The summed E-state index contributed by atoms with van der Waals surface area (Å²) in [5.74, 6) is 1.19. The Morgan fingerprint density at radius 1 is 1.48 bits per heavy atom. The van der Waals surface area contributed by atoms with Gasteiger partial charge in [-0.3, -0.25) is 4.79 Å². The van der Waals surface area contributed by atoms with Crippen molar-refractivity contribution in [3.05, 3.63) is 4.88 Å². The van der Waals surface area contributed by atoms with E-state index in [9.17, 15) is 4.79 Å². The minimum atomic E-state index is 0.235. The normalized spacial score (nSPS) is 19.8. The van der Waals surface area contributed by atoms with Crippen molar-refractivity contribution in [3.63, 3.8) is 0 Å². The maximum Gasteiger partial charge on any atom is 0.178 e. The van der Waals surface area contributed by atoms with E-state index in [1.54, 1.807) is 23.1 Å². The molecular formula is C16H24N2OS2. The molecule has 3 rings (SSSR count). The number of nitrogen functional groups attached to an aromatic ring is 1. The quantitative estimate of drug-likeness (QED) is 0.573. The highest BCUT2D eigenvalue weighted by Gasteiger charge is 2.45. The third-order valence-corrected chi connectivity index (χ3v) is 7.13. The molecular weight excluding hydrogens is 300 g/mol. The Morgan fingerprint density at radius 3 is 2.62 bits per heavy atom. The second-order valence-corrected chi connectivity index (χ2v) is 8.55. The van der Waals surface area contributed by atoms with Crippen LogP contribution in [0.15, 0.2) is 4.90 Å². The van der Waals surface area contributed by atoms with Crippen LogP contribution in [0.5, 0.6) is 0 Å². The van der Waals surface area contributed by atoms with E-state index >= 15 is 0 Å². The molecule has 0 aliphatic heterocycles. The molecule has 3 N–H and O–H groups in total. The Morgan fingerprint density at radius 2 is 2.14 bits per heavy atom. The number of Topliss-reactive ketones (excluding diaryl/α,β-unsaturated/α-hetero) is 1. The Balaban J connectivity index is 1.78. The Kier molecular flexibility index (Phi) is 3.99. The average molecular weight is 325 g/mol. The maximum atomic E-state index is 12.3. The highest BCUT2D eigenvalue weighted by Crippen LogP contribution is 2.53. The van der Waals surface area contributed by atoms with Crippen molar-refractivity contribution in [1.29, 1.82) is 0 Å². The largest absolute Gasteiger partial charge is 0.396 e. The molecule has 2 saturated carbocycles. The summed E-state index contributed by atoms with van der Waals surface area (Å²) in [5.41, 5.74) is 7.37. The summed E-state index contributed by atoms with van der Waals surface area (Å²) in [7, 11) is 0. The van der Waals surface area contributed by atoms with Gasteiger partial charge in [0.1, 0.15) is 5.00 Å². The lowest BCUT2D eigenvalue weighted by molar-refractivity contribution is 0.0972. The Labute approximate surface area is 135 Å². The minimum Gasteiger partial charge on any atom is -0.396 e. The second-order valence-electron chi connectivity index (χ2n) is 6.72. The summed E-state index contributed by atoms with van der Waals surface area (Å²) >= 11 is 3.20. The number of anilines is 2. The third-order valence-electron chi connectivity index (χ3n) is 4.99. The van der Waals surface area contributed by atoms with Crippen molar-refractivity contribution in [2.45, 2.75) is 44.4 Å². The first kappa shape index (κ1) is 15.2. The van der Waals surface area contributed by atoms with Gasteiger partial charge in [0.25, 0.3) is 0 Å². The van der Waals surface area contributed by atoms with Gasteiger partial charge < -0.3 is 11.1 Å². The van der Waals surface area contributed by atoms with Crippen LogP contribution in [0.25, 0.3) is 0 Å². The van der Waals surface area contributed by atoms with Crippen LogP contribution < -0.4 is 11.1 Å². The first-order chi connectivity index (χ1) is 9.98. The SMILES string of the molecule is CSc1c(NCC2(C(C)C)CC2)sc(C(=O)C2CC2)c1N. The van der Waals surface area contributed by atoms with Gasteiger partial charge in [0.05, 0.1) is 15.5 Å². The number of thiophene rings is 1. The van der Waals surface area contributed by atoms with Crippen LogP contribution in [0, 0.1) is 17.3 Å². The van der Waals surface area contributed by atoms with E-state index in [1.807, 2.05) is 6.26 Å². The number of carbonyl (C=O) groups excluding carboxylic acids is 1. The molecule has 1 aromatic heterocycles. The average Bonchev–Trinajstić information content (AvgIpc) is 3.34. The lowest BCUT2D eigenvalue weighted by atomic mass is 9.92. The van der Waals surface area contributed by atoms with E-state index < -0.39 is 0 Å². The fraction of sp³-hybridized carbons (Fsp3) is 0.688. The summed E-state index contributed by atoms with van der Waals surface area (Å²) in [4.78, 5) is 14.2. The number of thioether (sulfide) groups is 1. The number of hydrogen-bond donors (Lipinski definition) is 2. The lowest BCUT2D eigenvalue weighted by Gasteiger charge is -2.20. The minimum absolute atomic E-state index is 0.235. The molecule has 1 aromatic rings. The van der Waals surface area contributed by atoms with E-state index in [0.717, 1.165) is 34.2 Å². The Bertz CT molecular complexity index is 557. The fourth-order valence-electron chi connectivity index (χ4n) is 2.84. The zero-order valence-corrected chi connectivity index (χ0v) is 14.6. The van der Waals surface area contributed by atoms with Gasteiger partial charge in [0.2, 0.25) is 0 Å². The number of carbonyl (C=O) groups is 1. The van der Waals surface area contributed by atoms with Crippen LogP contribution in [-0.4, -0.2) is 18.6 Å². The number of nitrogens with two attached hydrogens (primary N) is 1. The zero-order valence-electron chi connectivity index (χ0n) is 13.0. The Hall–Kier alpha value is -0.680. The zero-order chi connectivity index (χ0) is 15.2. The van der Waals surface area contributed by atoms with Gasteiger partial charge in [-0.25, -0.2) is 0 Å². The first-order valence-electron chi connectivity index (χ1n) is 7.73. The maximum absolute atomic E-state index is 12.3. The number of ketones is 1. The van der Waals surface area contributed by atoms with Crippen LogP contribution in [-0.2, 0) is 0 Å². The molecule has 0 amide bonds. The van der Waals surface area contributed by atoms with Crippen LogP contribution in [0.4, 0.5) is 10.7 Å². The van der Waals surface area contributed by atoms with Gasteiger partial charge in [-0.1, -0.05) is 13.8 Å². The molecule has 2 aliphatic rings. The molecule has 0 saturated heterocycles. The molecule has 116 valence electrons. The molecule has 2 aliphatic carbocycles. The summed E-state index contributed by atoms with van der Waals surface area (Å²) in [5, 5.41) is 4.68. The summed E-state index contributed by atoms with van der Waals surface area (Å²) < 4.78 is 0. The van der Waals surface area contributed by atoms with Crippen molar-refractivity contribution in [2.75, 3.05) is 23.9 Å². The monoisotopic (exact) mass is 324 g/mol. The molecule has 0 unspecified atom stereocenters. The molecule has 0 atom stereocenters. The summed E-state index contributed by atoms with van der Waals surface area (Å²) in [6.45, 7) is 5.60. The highest BCUT2D eigenvalue weighted by molar-refractivity contribution is 7.99.